The van der Waals surface area contributed by atoms with E-state index in [0.29, 0.717) is 19.0 Å². The summed E-state index contributed by atoms with van der Waals surface area (Å²) in [5.74, 6) is 0.606. The maximum atomic E-state index is 12.4. The van der Waals surface area contributed by atoms with Crippen LogP contribution < -0.4 is 9.75 Å². The molecule has 0 amide bonds. The van der Waals surface area contributed by atoms with Gasteiger partial charge in [0.2, 0.25) is 0 Å². The molecule has 0 bridgehead atoms. The minimum absolute atomic E-state index is 0.103. The first-order chi connectivity index (χ1) is 14.1. The maximum Gasteiger partial charge on any atom is 0.387 e. The molecule has 0 radical (unpaired) electrons. The van der Waals surface area contributed by atoms with Crippen LogP contribution >= 0.6 is 0 Å². The van der Waals surface area contributed by atoms with Crippen LogP contribution in [0.25, 0.3) is 11.1 Å². The van der Waals surface area contributed by atoms with Crippen molar-refractivity contribution in [3.05, 3.63) is 66.5 Å². The Morgan fingerprint density at radius 3 is 2.66 bits per heavy atom. The van der Waals surface area contributed by atoms with E-state index in [1.165, 1.54) is 6.07 Å². The molecule has 4 rings (SSSR count). The van der Waals surface area contributed by atoms with Crippen LogP contribution in [0.2, 0.25) is 0 Å². The van der Waals surface area contributed by atoms with Crippen molar-refractivity contribution in [2.24, 2.45) is 5.10 Å². The molecule has 150 valence electrons. The zero-order valence-electron chi connectivity index (χ0n) is 15.4. The van der Waals surface area contributed by atoms with Crippen LogP contribution in [-0.4, -0.2) is 45.9 Å². The topological polar surface area (TPSA) is 77.0 Å². The van der Waals surface area contributed by atoms with Crippen molar-refractivity contribution >= 4 is 11.5 Å². The standard InChI is InChI=1S/C20H19F2N5O2/c21-20(22)29-18-3-1-2-14(8-18)11-26-13-27(25-19(26)12-28)17-6-4-15(5-7-17)16-9-23-24-10-16/h1-10,20,28H,11-13H2,(H,23,24). The van der Waals surface area contributed by atoms with E-state index in [-0.39, 0.29) is 12.4 Å². The average Bonchev–Trinajstić information content (AvgIpc) is 3.38. The van der Waals surface area contributed by atoms with E-state index in [1.807, 2.05) is 41.4 Å². The lowest BCUT2D eigenvalue weighted by molar-refractivity contribution is -0.0498. The smallest absolute Gasteiger partial charge is 0.387 e. The van der Waals surface area contributed by atoms with Crippen LogP contribution in [-0.2, 0) is 6.54 Å². The Kier molecular flexibility index (Phi) is 5.39. The zero-order valence-corrected chi connectivity index (χ0v) is 15.4. The number of ether oxygens (including phenoxy) is 1. The highest BCUT2D eigenvalue weighted by atomic mass is 19.3. The van der Waals surface area contributed by atoms with Crippen molar-refractivity contribution in [3.63, 3.8) is 0 Å². The summed E-state index contributed by atoms with van der Waals surface area (Å²) in [6, 6.07) is 14.4. The number of aromatic nitrogens is 2. The number of anilines is 1. The minimum Gasteiger partial charge on any atom is -0.435 e. The lowest BCUT2D eigenvalue weighted by Crippen LogP contribution is -2.32. The number of nitrogens with zero attached hydrogens (tertiary/aromatic N) is 4. The first-order valence-electron chi connectivity index (χ1n) is 8.96. The van der Waals surface area contributed by atoms with Crippen molar-refractivity contribution in [2.45, 2.75) is 13.2 Å². The molecule has 2 aromatic carbocycles. The van der Waals surface area contributed by atoms with Crippen molar-refractivity contribution in [1.29, 1.82) is 0 Å². The molecule has 3 aromatic rings. The van der Waals surface area contributed by atoms with Crippen molar-refractivity contribution in [1.82, 2.24) is 15.1 Å². The third-order valence-electron chi connectivity index (χ3n) is 4.54. The predicted molar refractivity (Wildman–Crippen MR) is 105 cm³/mol. The van der Waals surface area contributed by atoms with Gasteiger partial charge in [0.1, 0.15) is 19.0 Å². The Morgan fingerprint density at radius 2 is 1.97 bits per heavy atom. The molecule has 0 saturated carbocycles. The fourth-order valence-corrected chi connectivity index (χ4v) is 3.16. The molecular weight excluding hydrogens is 380 g/mol. The number of amidine groups is 1. The molecule has 1 aromatic heterocycles. The predicted octanol–water partition coefficient (Wildman–Crippen LogP) is 3.26. The third-order valence-corrected chi connectivity index (χ3v) is 4.54. The number of nitrogens with one attached hydrogen (secondary N) is 1. The van der Waals surface area contributed by atoms with E-state index in [2.05, 4.69) is 20.0 Å². The number of aromatic amines is 1. The summed E-state index contributed by atoms with van der Waals surface area (Å²) in [5.41, 5.74) is 3.67. The van der Waals surface area contributed by atoms with E-state index in [1.54, 1.807) is 23.3 Å². The molecule has 2 heterocycles. The second-order valence-corrected chi connectivity index (χ2v) is 6.47. The molecule has 0 spiro atoms. The molecule has 7 nitrogen and oxygen atoms in total. The Labute approximate surface area is 165 Å². The third kappa shape index (κ3) is 4.35. The molecule has 0 unspecified atom stereocenters. The number of hydrogen-bond acceptors (Lipinski definition) is 6. The summed E-state index contributed by atoms with van der Waals surface area (Å²) >= 11 is 0. The Balaban J connectivity index is 1.47. The summed E-state index contributed by atoms with van der Waals surface area (Å²) in [6.45, 7) is -2.26. The fraction of sp³-hybridized carbons (Fsp3) is 0.200. The molecule has 0 saturated heterocycles. The first-order valence-corrected chi connectivity index (χ1v) is 8.96. The summed E-state index contributed by atoms with van der Waals surface area (Å²) in [5, 5.41) is 22.7. The van der Waals surface area contributed by atoms with Gasteiger partial charge in [-0.2, -0.15) is 19.0 Å². The van der Waals surface area contributed by atoms with Gasteiger partial charge in [-0.05, 0) is 35.4 Å². The van der Waals surface area contributed by atoms with E-state index in [9.17, 15) is 13.9 Å². The van der Waals surface area contributed by atoms with Gasteiger partial charge in [0.15, 0.2) is 5.84 Å². The number of hydrogen-bond donors (Lipinski definition) is 2. The zero-order chi connectivity index (χ0) is 20.2. The van der Waals surface area contributed by atoms with Gasteiger partial charge in [-0.15, -0.1) is 0 Å². The quantitative estimate of drug-likeness (QED) is 0.638. The van der Waals surface area contributed by atoms with Crippen LogP contribution in [0.4, 0.5) is 14.5 Å². The van der Waals surface area contributed by atoms with E-state index < -0.39 is 6.61 Å². The Hall–Kier alpha value is -3.46. The summed E-state index contributed by atoms with van der Waals surface area (Å²) in [6.07, 6.45) is 3.57. The molecular formula is C20H19F2N5O2. The van der Waals surface area contributed by atoms with Gasteiger partial charge < -0.3 is 14.7 Å². The summed E-state index contributed by atoms with van der Waals surface area (Å²) in [7, 11) is 0. The van der Waals surface area contributed by atoms with Gasteiger partial charge in [-0.3, -0.25) is 5.10 Å². The summed E-state index contributed by atoms with van der Waals surface area (Å²) in [4.78, 5) is 1.88. The number of alkyl halides is 2. The largest absolute Gasteiger partial charge is 0.435 e. The number of aliphatic hydroxyl groups excluding tert-OH is 1. The highest BCUT2D eigenvalue weighted by molar-refractivity contribution is 5.86. The molecule has 0 aliphatic carbocycles. The lowest BCUT2D eigenvalue weighted by Gasteiger charge is -2.21. The highest BCUT2D eigenvalue weighted by Gasteiger charge is 2.23. The molecule has 29 heavy (non-hydrogen) atoms. The highest BCUT2D eigenvalue weighted by Crippen LogP contribution is 2.26. The maximum absolute atomic E-state index is 12.4. The number of H-pyrrole nitrogens is 1. The first kappa shape index (κ1) is 18.9. The average molecular weight is 399 g/mol. The van der Waals surface area contributed by atoms with E-state index >= 15 is 0 Å². The Bertz CT molecular complexity index is 977. The fourth-order valence-electron chi connectivity index (χ4n) is 3.16. The van der Waals surface area contributed by atoms with Gasteiger partial charge >= 0.3 is 6.61 Å². The van der Waals surface area contributed by atoms with Crippen LogP contribution in [0.3, 0.4) is 0 Å². The lowest BCUT2D eigenvalue weighted by atomic mass is 10.1. The van der Waals surface area contributed by atoms with Gasteiger partial charge in [-0.1, -0.05) is 24.3 Å². The number of hydrazone groups is 1. The normalized spacial score (nSPS) is 13.9. The van der Waals surface area contributed by atoms with Gasteiger partial charge in [0, 0.05) is 18.3 Å². The second kappa shape index (κ2) is 8.27. The van der Waals surface area contributed by atoms with Gasteiger partial charge in [0.05, 0.1) is 11.9 Å². The second-order valence-electron chi connectivity index (χ2n) is 6.47. The van der Waals surface area contributed by atoms with Crippen molar-refractivity contribution < 1.29 is 18.6 Å². The number of rotatable bonds is 7. The van der Waals surface area contributed by atoms with Crippen LogP contribution in [0, 0.1) is 0 Å². The van der Waals surface area contributed by atoms with E-state index in [0.717, 1.165) is 22.4 Å². The minimum atomic E-state index is -2.87. The SMILES string of the molecule is OCC1=NN(c2ccc(-c3cn[nH]c3)cc2)CN1Cc1cccc(OC(F)F)c1. The van der Waals surface area contributed by atoms with Gasteiger partial charge in [-0.25, -0.2) is 5.01 Å². The number of benzene rings is 2. The van der Waals surface area contributed by atoms with Crippen LogP contribution in [0.1, 0.15) is 5.56 Å². The molecule has 0 fully saturated rings. The number of halogens is 2. The molecule has 1 aliphatic heterocycles. The van der Waals surface area contributed by atoms with Crippen LogP contribution in [0.15, 0.2) is 66.0 Å². The molecule has 0 atom stereocenters. The van der Waals surface area contributed by atoms with Crippen molar-refractivity contribution in [2.75, 3.05) is 18.3 Å². The van der Waals surface area contributed by atoms with Crippen LogP contribution in [0.5, 0.6) is 5.75 Å². The Morgan fingerprint density at radius 1 is 1.14 bits per heavy atom. The monoisotopic (exact) mass is 399 g/mol. The van der Waals surface area contributed by atoms with Gasteiger partial charge in [0.25, 0.3) is 0 Å². The summed E-state index contributed by atoms with van der Waals surface area (Å²) < 4.78 is 29.3. The van der Waals surface area contributed by atoms with E-state index in [4.69, 9.17) is 0 Å². The number of aliphatic hydroxyl groups is 1. The van der Waals surface area contributed by atoms with Crippen molar-refractivity contribution in [3.8, 4) is 16.9 Å². The molecule has 2 N–H and O–H groups in total. The molecule has 9 heteroatoms. The molecule has 1 aliphatic rings.